The molecule has 4 N–H and O–H groups in total. The number of nitrogens with zero attached hydrogens (tertiary/aromatic N) is 1. The summed E-state index contributed by atoms with van der Waals surface area (Å²) in [5.74, 6) is 0.676. The first-order chi connectivity index (χ1) is 12.0. The van der Waals surface area contributed by atoms with E-state index in [1.807, 2.05) is 18.2 Å². The van der Waals surface area contributed by atoms with Crippen molar-refractivity contribution in [2.45, 2.75) is 10.6 Å². The lowest BCUT2D eigenvalue weighted by Crippen LogP contribution is -2.29. The molecule has 1 aromatic carbocycles. The second-order valence-corrected chi connectivity index (χ2v) is 7.83. The van der Waals surface area contributed by atoms with Gasteiger partial charge in [0, 0.05) is 30.7 Å². The minimum absolute atomic E-state index is 0. The maximum Gasteiger partial charge on any atom is 0.240 e. The molecule has 27 heavy (non-hydrogen) atoms. The zero-order valence-electron chi connectivity index (χ0n) is 14.3. The second-order valence-electron chi connectivity index (χ2n) is 5.08. The number of amides is 1. The van der Waals surface area contributed by atoms with Gasteiger partial charge in [-0.1, -0.05) is 12.1 Å². The molecule has 11 heteroatoms. The number of hydrogen-bond donors (Lipinski definition) is 3. The van der Waals surface area contributed by atoms with Gasteiger partial charge in [0.05, 0.1) is 16.3 Å². The summed E-state index contributed by atoms with van der Waals surface area (Å²) in [6.07, 6.45) is 1.71. The summed E-state index contributed by atoms with van der Waals surface area (Å²) in [6, 6.07) is 11.7. The number of rotatable bonds is 9. The van der Waals surface area contributed by atoms with Crippen molar-refractivity contribution in [3.05, 3.63) is 54.4 Å². The van der Waals surface area contributed by atoms with Crippen molar-refractivity contribution < 1.29 is 13.2 Å². The second kappa shape index (κ2) is 12.9. The number of aromatic nitrogens is 1. The number of nitrogens with two attached hydrogens (primary N) is 1. The van der Waals surface area contributed by atoms with Crippen LogP contribution in [0.15, 0.2) is 53.6 Å². The van der Waals surface area contributed by atoms with Gasteiger partial charge in [-0.3, -0.25) is 9.78 Å². The van der Waals surface area contributed by atoms with Gasteiger partial charge in [-0.2, -0.15) is 0 Å². The number of carbonyl (C=O) groups is 1. The lowest BCUT2D eigenvalue weighted by molar-refractivity contribution is -0.113. The number of pyridine rings is 1. The van der Waals surface area contributed by atoms with Crippen LogP contribution >= 0.6 is 36.6 Å². The van der Waals surface area contributed by atoms with E-state index in [2.05, 4.69) is 15.0 Å². The van der Waals surface area contributed by atoms with Crippen LogP contribution in [0.25, 0.3) is 0 Å². The summed E-state index contributed by atoms with van der Waals surface area (Å²) < 4.78 is 26.5. The minimum Gasteiger partial charge on any atom is -0.329 e. The summed E-state index contributed by atoms with van der Waals surface area (Å²) in [6.45, 7) is 0.367. The highest BCUT2D eigenvalue weighted by Gasteiger charge is 2.14. The SMILES string of the molecule is Cl.Cl.NCCNS(=O)(=O)c1cccc(NC(=O)CSCc2ccccn2)c1. The van der Waals surface area contributed by atoms with Gasteiger partial charge in [-0.25, -0.2) is 13.1 Å². The predicted molar refractivity (Wildman–Crippen MR) is 114 cm³/mol. The molecule has 1 amide bonds. The van der Waals surface area contributed by atoms with Gasteiger partial charge in [0.1, 0.15) is 0 Å². The molecule has 0 saturated carbocycles. The van der Waals surface area contributed by atoms with Crippen molar-refractivity contribution in [1.82, 2.24) is 9.71 Å². The summed E-state index contributed by atoms with van der Waals surface area (Å²) in [5.41, 5.74) is 6.64. The van der Waals surface area contributed by atoms with Gasteiger partial charge >= 0.3 is 0 Å². The number of thioether (sulfide) groups is 1. The Morgan fingerprint density at radius 2 is 1.93 bits per heavy atom. The van der Waals surface area contributed by atoms with E-state index in [-0.39, 0.29) is 54.5 Å². The van der Waals surface area contributed by atoms with Crippen LogP contribution < -0.4 is 15.8 Å². The van der Waals surface area contributed by atoms with Crippen LogP contribution in [-0.2, 0) is 20.6 Å². The van der Waals surface area contributed by atoms with E-state index in [9.17, 15) is 13.2 Å². The fourth-order valence-electron chi connectivity index (χ4n) is 1.95. The molecule has 0 aliphatic heterocycles. The monoisotopic (exact) mass is 452 g/mol. The van der Waals surface area contributed by atoms with E-state index in [0.717, 1.165) is 5.69 Å². The van der Waals surface area contributed by atoms with Crippen molar-refractivity contribution in [2.24, 2.45) is 5.73 Å². The minimum atomic E-state index is -3.63. The zero-order chi connectivity index (χ0) is 18.1. The highest BCUT2D eigenvalue weighted by atomic mass is 35.5. The van der Waals surface area contributed by atoms with Crippen molar-refractivity contribution in [1.29, 1.82) is 0 Å². The number of halogens is 2. The fourth-order valence-corrected chi connectivity index (χ4v) is 3.78. The van der Waals surface area contributed by atoms with Crippen LogP contribution in [0.4, 0.5) is 5.69 Å². The Labute approximate surface area is 175 Å². The molecule has 0 atom stereocenters. The normalized spacial score (nSPS) is 10.4. The van der Waals surface area contributed by atoms with E-state index in [0.29, 0.717) is 11.4 Å². The Kier molecular flexibility index (Phi) is 12.3. The molecule has 0 aliphatic carbocycles. The highest BCUT2D eigenvalue weighted by Crippen LogP contribution is 2.16. The molecule has 150 valence electrons. The van der Waals surface area contributed by atoms with Crippen LogP contribution in [-0.4, -0.2) is 38.2 Å². The molecule has 1 aromatic heterocycles. The van der Waals surface area contributed by atoms with Crippen LogP contribution in [0, 0.1) is 0 Å². The van der Waals surface area contributed by atoms with E-state index in [1.165, 1.54) is 23.9 Å². The topological polar surface area (TPSA) is 114 Å². The van der Waals surface area contributed by atoms with E-state index in [4.69, 9.17) is 5.73 Å². The van der Waals surface area contributed by atoms with E-state index in [1.54, 1.807) is 18.3 Å². The lowest BCUT2D eigenvalue weighted by Gasteiger charge is -2.09. The van der Waals surface area contributed by atoms with Crippen LogP contribution in [0.2, 0.25) is 0 Å². The number of carbonyl (C=O) groups excluding carboxylic acids is 1. The molecule has 2 rings (SSSR count). The molecular formula is C16H22Cl2N4O3S2. The first-order valence-electron chi connectivity index (χ1n) is 7.58. The third kappa shape index (κ3) is 8.91. The molecule has 0 spiro atoms. The van der Waals surface area contributed by atoms with Gasteiger partial charge in [0.25, 0.3) is 0 Å². The van der Waals surface area contributed by atoms with Crippen molar-refractivity contribution in [2.75, 3.05) is 24.2 Å². The third-order valence-corrected chi connectivity index (χ3v) is 5.50. The number of hydrogen-bond acceptors (Lipinski definition) is 6. The fraction of sp³-hybridized carbons (Fsp3) is 0.250. The Morgan fingerprint density at radius 3 is 2.59 bits per heavy atom. The molecule has 7 nitrogen and oxygen atoms in total. The molecule has 2 aromatic rings. The molecule has 0 aliphatic rings. The highest BCUT2D eigenvalue weighted by molar-refractivity contribution is 7.99. The number of nitrogens with one attached hydrogen (secondary N) is 2. The number of benzene rings is 1. The average molecular weight is 453 g/mol. The standard InChI is InChI=1S/C16H20N4O3S2.2ClH/c17-7-9-19-25(22,23)15-6-3-5-13(10-15)20-16(21)12-24-11-14-4-1-2-8-18-14;;/h1-6,8,10,19H,7,9,11-12,17H2,(H,20,21);2*1H. The Morgan fingerprint density at radius 1 is 1.15 bits per heavy atom. The van der Waals surface area contributed by atoms with Crippen molar-refractivity contribution in [3.63, 3.8) is 0 Å². The first kappa shape index (κ1) is 25.6. The molecule has 0 bridgehead atoms. The largest absolute Gasteiger partial charge is 0.329 e. The van der Waals surface area contributed by atoms with Crippen LogP contribution in [0.1, 0.15) is 5.69 Å². The van der Waals surface area contributed by atoms with Crippen LogP contribution in [0.5, 0.6) is 0 Å². The maximum atomic E-state index is 12.1. The van der Waals surface area contributed by atoms with E-state index >= 15 is 0 Å². The van der Waals surface area contributed by atoms with Gasteiger partial charge < -0.3 is 11.1 Å². The van der Waals surface area contributed by atoms with Gasteiger partial charge in [0.15, 0.2) is 0 Å². The summed E-state index contributed by atoms with van der Waals surface area (Å²) in [7, 11) is -3.63. The molecule has 0 fully saturated rings. The molecule has 1 heterocycles. The molecule has 0 radical (unpaired) electrons. The smallest absolute Gasteiger partial charge is 0.240 e. The van der Waals surface area contributed by atoms with Crippen LogP contribution in [0.3, 0.4) is 0 Å². The summed E-state index contributed by atoms with van der Waals surface area (Å²) in [5, 5.41) is 2.70. The van der Waals surface area contributed by atoms with Crippen molar-refractivity contribution in [3.8, 4) is 0 Å². The lowest BCUT2D eigenvalue weighted by atomic mass is 10.3. The average Bonchev–Trinajstić information content (AvgIpc) is 2.61. The van der Waals surface area contributed by atoms with E-state index < -0.39 is 10.0 Å². The predicted octanol–water partition coefficient (Wildman–Crippen LogP) is 2.03. The zero-order valence-corrected chi connectivity index (χ0v) is 17.6. The van der Waals surface area contributed by atoms with Gasteiger partial charge in [0.2, 0.25) is 15.9 Å². The molecular weight excluding hydrogens is 431 g/mol. The van der Waals surface area contributed by atoms with Gasteiger partial charge in [-0.05, 0) is 30.3 Å². The summed E-state index contributed by atoms with van der Waals surface area (Å²) >= 11 is 1.44. The number of sulfonamides is 1. The quantitative estimate of drug-likeness (QED) is 0.536. The molecule has 0 unspecified atom stereocenters. The Hall–Kier alpha value is -1.36. The first-order valence-corrected chi connectivity index (χ1v) is 10.2. The third-order valence-electron chi connectivity index (χ3n) is 3.07. The number of anilines is 1. The maximum absolute atomic E-state index is 12.1. The van der Waals surface area contributed by atoms with Gasteiger partial charge in [-0.15, -0.1) is 36.6 Å². The van der Waals surface area contributed by atoms with Crippen molar-refractivity contribution >= 4 is 58.2 Å². The Balaban J connectivity index is 0.00000338. The summed E-state index contributed by atoms with van der Waals surface area (Å²) in [4.78, 5) is 16.3. The molecule has 0 saturated heterocycles. The Bertz CT molecular complexity index is 808.